The molecule has 0 aromatic carbocycles. The summed E-state index contributed by atoms with van der Waals surface area (Å²) >= 11 is 4.78. The summed E-state index contributed by atoms with van der Waals surface area (Å²) in [5, 5.41) is 9.45. The van der Waals surface area contributed by atoms with Crippen LogP contribution in [-0.4, -0.2) is 27.0 Å². The Morgan fingerprint density at radius 3 is 2.70 bits per heavy atom. The second-order valence-electron chi connectivity index (χ2n) is 4.02. The second kappa shape index (κ2) is 5.19. The Morgan fingerprint density at radius 2 is 2.15 bits per heavy atom. The van der Waals surface area contributed by atoms with E-state index in [1.807, 2.05) is 0 Å². The van der Waals surface area contributed by atoms with E-state index in [1.165, 1.54) is 23.6 Å². The van der Waals surface area contributed by atoms with Gasteiger partial charge in [0.25, 0.3) is 0 Å². The predicted octanol–water partition coefficient (Wildman–Crippen LogP) is 4.56. The summed E-state index contributed by atoms with van der Waals surface area (Å²) in [6, 6.07) is 3.02. The number of aromatic nitrogens is 1. The summed E-state index contributed by atoms with van der Waals surface area (Å²) in [6.45, 7) is 0.660. The highest BCUT2D eigenvalue weighted by Crippen LogP contribution is 2.47. The van der Waals surface area contributed by atoms with Gasteiger partial charge in [-0.1, -0.05) is 11.8 Å². The quantitative estimate of drug-likeness (QED) is 0.786. The number of thioether (sulfide) groups is 1. The zero-order valence-corrected chi connectivity index (χ0v) is 13.1. The molecule has 3 nitrogen and oxygen atoms in total. The largest absolute Gasteiger partial charge is 0.480 e. The number of carboxylic acid groups (broad SMARTS) is 1. The molecule has 0 saturated carbocycles. The van der Waals surface area contributed by atoms with Crippen molar-refractivity contribution in [2.75, 3.05) is 0 Å². The first kappa shape index (κ1) is 15.6. The van der Waals surface area contributed by atoms with Crippen LogP contribution in [0.25, 0.3) is 10.2 Å². The average Bonchev–Trinajstić information content (AvgIpc) is 2.68. The van der Waals surface area contributed by atoms with Gasteiger partial charge < -0.3 is 5.11 Å². The molecule has 0 saturated heterocycles. The molecule has 20 heavy (non-hydrogen) atoms. The number of fused-ring (bicyclic) bond motifs is 1. The van der Waals surface area contributed by atoms with E-state index < -0.39 is 16.9 Å². The normalized spacial score (nSPS) is 15.2. The monoisotopic (exact) mass is 385 g/mol. The predicted molar refractivity (Wildman–Crippen MR) is 75.3 cm³/mol. The van der Waals surface area contributed by atoms with Crippen molar-refractivity contribution in [1.29, 1.82) is 0 Å². The first-order chi connectivity index (χ1) is 9.15. The summed E-state index contributed by atoms with van der Waals surface area (Å²) in [5.41, 5.74) is 0. The molecule has 1 N–H and O–H groups in total. The number of alkyl halides is 3. The molecule has 0 aliphatic rings. The summed E-state index contributed by atoms with van der Waals surface area (Å²) in [7, 11) is 0. The van der Waals surface area contributed by atoms with Crippen molar-refractivity contribution in [2.45, 2.75) is 22.7 Å². The van der Waals surface area contributed by atoms with Crippen LogP contribution in [0.2, 0.25) is 0 Å². The van der Waals surface area contributed by atoms with Crippen molar-refractivity contribution < 1.29 is 23.1 Å². The van der Waals surface area contributed by atoms with Crippen LogP contribution in [0.3, 0.4) is 0 Å². The van der Waals surface area contributed by atoms with Crippen molar-refractivity contribution in [3.05, 3.63) is 22.1 Å². The van der Waals surface area contributed by atoms with Gasteiger partial charge in [0, 0.05) is 16.5 Å². The molecule has 0 spiro atoms. The van der Waals surface area contributed by atoms with Crippen LogP contribution in [0, 0.1) is 0 Å². The van der Waals surface area contributed by atoms with Gasteiger partial charge >= 0.3 is 12.1 Å². The van der Waals surface area contributed by atoms with Crippen molar-refractivity contribution in [3.8, 4) is 0 Å². The Hall–Kier alpha value is -0.800. The van der Waals surface area contributed by atoms with Crippen LogP contribution >= 0.6 is 39.0 Å². The third-order valence-corrected chi connectivity index (χ3v) is 5.56. The van der Waals surface area contributed by atoms with Gasteiger partial charge in [-0.05, 0) is 35.0 Å². The number of thiophene rings is 1. The number of hydrogen-bond donors (Lipinski definition) is 1. The molecule has 0 fully saturated rings. The Morgan fingerprint density at radius 1 is 1.50 bits per heavy atom. The van der Waals surface area contributed by atoms with Crippen LogP contribution < -0.4 is 0 Å². The first-order valence-electron chi connectivity index (χ1n) is 5.18. The molecular weight excluding hydrogens is 379 g/mol. The molecule has 0 amide bonds. The lowest BCUT2D eigenvalue weighted by Crippen LogP contribution is -2.46. The molecule has 0 aliphatic carbocycles. The number of aliphatic carboxylic acids is 1. The molecule has 2 aromatic rings. The number of rotatable bonds is 3. The Kier molecular flexibility index (Phi) is 4.05. The van der Waals surface area contributed by atoms with E-state index in [-0.39, 0.29) is 16.7 Å². The fourth-order valence-corrected chi connectivity index (χ4v) is 3.96. The van der Waals surface area contributed by atoms with Gasteiger partial charge in [0.15, 0.2) is 0 Å². The highest BCUT2D eigenvalue weighted by atomic mass is 79.9. The lowest BCUT2D eigenvalue weighted by Gasteiger charge is -2.26. The number of pyridine rings is 1. The van der Waals surface area contributed by atoms with Crippen LogP contribution in [0.15, 0.2) is 27.0 Å². The standard InChI is InChI=1S/C11H7BrF3NO2S2/c1-10(9(17)18,11(13,14)15)20-6-2-3-16-8-5(6)4-7(12)19-8/h2-4H,1H3,(H,17,18). The molecule has 0 bridgehead atoms. The summed E-state index contributed by atoms with van der Waals surface area (Å²) in [4.78, 5) is 15.9. The average molecular weight is 386 g/mol. The van der Waals surface area contributed by atoms with E-state index in [2.05, 4.69) is 20.9 Å². The third-order valence-electron chi connectivity index (χ3n) is 2.63. The van der Waals surface area contributed by atoms with Gasteiger partial charge in [0.2, 0.25) is 4.75 Å². The third kappa shape index (κ3) is 2.66. The maximum atomic E-state index is 13.0. The molecule has 2 rings (SSSR count). The zero-order chi connectivity index (χ0) is 15.1. The lowest BCUT2D eigenvalue weighted by molar-refractivity contribution is -0.179. The molecule has 1 atom stereocenters. The molecule has 108 valence electrons. The maximum absolute atomic E-state index is 13.0. The van der Waals surface area contributed by atoms with Gasteiger partial charge in [0.05, 0.1) is 3.79 Å². The molecular formula is C11H7BrF3NO2S2. The van der Waals surface area contributed by atoms with Gasteiger partial charge in [-0.25, -0.2) is 4.98 Å². The van der Waals surface area contributed by atoms with Crippen LogP contribution in [0.1, 0.15) is 6.92 Å². The number of carboxylic acids is 1. The van der Waals surface area contributed by atoms with E-state index in [4.69, 9.17) is 5.11 Å². The second-order valence-corrected chi connectivity index (χ2v) is 7.89. The summed E-state index contributed by atoms with van der Waals surface area (Å²) < 4.78 is 36.9. The van der Waals surface area contributed by atoms with E-state index >= 15 is 0 Å². The molecule has 2 heterocycles. The molecule has 0 radical (unpaired) electrons. The lowest BCUT2D eigenvalue weighted by atomic mass is 10.1. The van der Waals surface area contributed by atoms with Crippen molar-refractivity contribution in [2.24, 2.45) is 0 Å². The fraction of sp³-hybridized carbons (Fsp3) is 0.273. The summed E-state index contributed by atoms with van der Waals surface area (Å²) in [6.07, 6.45) is -3.50. The van der Waals surface area contributed by atoms with Crippen molar-refractivity contribution in [1.82, 2.24) is 4.98 Å². The van der Waals surface area contributed by atoms with E-state index in [1.54, 1.807) is 6.07 Å². The number of nitrogens with zero attached hydrogens (tertiary/aromatic N) is 1. The molecule has 0 aliphatic heterocycles. The van der Waals surface area contributed by atoms with Crippen LogP contribution in [0.4, 0.5) is 13.2 Å². The first-order valence-corrected chi connectivity index (χ1v) is 7.61. The highest BCUT2D eigenvalue weighted by Gasteiger charge is 2.58. The van der Waals surface area contributed by atoms with Gasteiger partial charge in [0.1, 0.15) is 4.83 Å². The topological polar surface area (TPSA) is 50.2 Å². The minimum atomic E-state index is -4.87. The van der Waals surface area contributed by atoms with Gasteiger partial charge in [-0.15, -0.1) is 11.3 Å². The zero-order valence-electron chi connectivity index (χ0n) is 9.86. The Balaban J connectivity index is 2.52. The Labute approximate surface area is 128 Å². The molecule has 2 aromatic heterocycles. The van der Waals surface area contributed by atoms with Crippen molar-refractivity contribution in [3.63, 3.8) is 0 Å². The molecule has 1 unspecified atom stereocenters. The number of carbonyl (C=O) groups is 1. The minimum absolute atomic E-state index is 0.235. The smallest absolute Gasteiger partial charge is 0.413 e. The van der Waals surface area contributed by atoms with E-state index in [0.717, 1.165) is 3.79 Å². The highest BCUT2D eigenvalue weighted by molar-refractivity contribution is 9.11. The number of hydrogen-bond acceptors (Lipinski definition) is 4. The van der Waals surface area contributed by atoms with E-state index in [0.29, 0.717) is 17.1 Å². The fourth-order valence-electron chi connectivity index (χ4n) is 1.42. The van der Waals surface area contributed by atoms with Gasteiger partial charge in [-0.3, -0.25) is 4.79 Å². The van der Waals surface area contributed by atoms with E-state index in [9.17, 15) is 18.0 Å². The van der Waals surface area contributed by atoms with Crippen LogP contribution in [0.5, 0.6) is 0 Å². The number of halogens is 4. The molecule has 9 heteroatoms. The van der Waals surface area contributed by atoms with Crippen LogP contribution in [-0.2, 0) is 4.79 Å². The SMILES string of the molecule is CC(Sc1ccnc2sc(Br)cc12)(C(=O)O)C(F)(F)F. The summed E-state index contributed by atoms with van der Waals surface area (Å²) in [5.74, 6) is -1.92. The van der Waals surface area contributed by atoms with Gasteiger partial charge in [-0.2, -0.15) is 13.2 Å². The minimum Gasteiger partial charge on any atom is -0.480 e. The maximum Gasteiger partial charge on any atom is 0.413 e. The van der Waals surface area contributed by atoms with Crippen molar-refractivity contribution >= 4 is 55.2 Å². The Bertz CT molecular complexity index is 673.